The van der Waals surface area contributed by atoms with Gasteiger partial charge in [0.05, 0.1) is 16.7 Å². The summed E-state index contributed by atoms with van der Waals surface area (Å²) in [4.78, 5) is 0. The predicted molar refractivity (Wildman–Crippen MR) is 218 cm³/mol. The number of halogens is 2. The van der Waals surface area contributed by atoms with Crippen LogP contribution in [0.4, 0.5) is 11.4 Å². The van der Waals surface area contributed by atoms with E-state index in [2.05, 4.69) is 210 Å². The minimum absolute atomic E-state index is 0.0574. The molecule has 1 heterocycles. The molecular formula is C42H54Br2N2Si. The molecule has 0 fully saturated rings. The lowest BCUT2D eigenvalue weighted by Gasteiger charge is -2.48. The van der Waals surface area contributed by atoms with Gasteiger partial charge in [0.25, 0.3) is 0 Å². The van der Waals surface area contributed by atoms with E-state index in [1.165, 1.54) is 49.9 Å². The summed E-state index contributed by atoms with van der Waals surface area (Å²) < 4.78 is 7.28. The van der Waals surface area contributed by atoms with Crippen LogP contribution in [0.2, 0.25) is 18.1 Å². The molecule has 47 heavy (non-hydrogen) atoms. The van der Waals surface area contributed by atoms with E-state index < -0.39 is 8.24 Å². The molecule has 0 spiro atoms. The number of anilines is 2. The monoisotopic (exact) mass is 772 g/mol. The number of benzene rings is 4. The van der Waals surface area contributed by atoms with Crippen molar-refractivity contribution < 1.29 is 0 Å². The largest absolute Gasteiger partial charge is 0.368 e. The van der Waals surface area contributed by atoms with Crippen molar-refractivity contribution in [2.75, 3.05) is 4.57 Å². The van der Waals surface area contributed by atoms with E-state index in [0.717, 1.165) is 14.6 Å². The van der Waals surface area contributed by atoms with Crippen molar-refractivity contribution in [3.05, 3.63) is 98.4 Å². The molecule has 0 unspecified atom stereocenters. The van der Waals surface area contributed by atoms with Gasteiger partial charge in [0, 0.05) is 31.1 Å². The summed E-state index contributed by atoms with van der Waals surface area (Å²) >= 11 is 8.09. The standard InChI is InChI=1S/C42H54Br2N2Si/c1-39(2,3)27-15-19-30(20-16-27)46(47(13,14)42(10,11)12)38-26-37(33(43)25-34(38)44)45-35-21-17-28(40(4,5)6)23-31(35)32-24-29(41(7,8)9)18-22-36(32)45/h15-26H,1-14H3. The first-order valence-corrected chi connectivity index (χ1v) is 21.5. The van der Waals surface area contributed by atoms with Crippen LogP contribution < -0.4 is 4.57 Å². The fraction of sp³-hybridized carbons (Fsp3) is 0.429. The Hall–Kier alpha value is -2.34. The fourth-order valence-electron chi connectivity index (χ4n) is 6.29. The van der Waals surface area contributed by atoms with E-state index in [4.69, 9.17) is 0 Å². The van der Waals surface area contributed by atoms with Crippen molar-refractivity contribution in [2.45, 2.75) is 117 Å². The number of hydrogen-bond acceptors (Lipinski definition) is 1. The van der Waals surface area contributed by atoms with Gasteiger partial charge in [-0.1, -0.05) is 120 Å². The summed E-state index contributed by atoms with van der Waals surface area (Å²) in [5, 5.41) is 2.71. The highest BCUT2D eigenvalue weighted by Crippen LogP contribution is 2.49. The molecule has 5 heteroatoms. The molecule has 250 valence electrons. The summed E-state index contributed by atoms with van der Waals surface area (Å²) in [7, 11) is -2.12. The molecule has 1 aromatic heterocycles. The third kappa shape index (κ3) is 6.66. The first-order valence-electron chi connectivity index (χ1n) is 16.9. The molecule has 4 aromatic carbocycles. The lowest BCUT2D eigenvalue weighted by molar-refractivity contribution is 0.590. The average molecular weight is 775 g/mol. The van der Waals surface area contributed by atoms with Gasteiger partial charge < -0.3 is 9.13 Å². The fourth-order valence-corrected chi connectivity index (χ4v) is 10.1. The molecular weight excluding hydrogens is 720 g/mol. The Bertz CT molecular complexity index is 1880. The molecule has 5 rings (SSSR count). The highest BCUT2D eigenvalue weighted by atomic mass is 79.9. The van der Waals surface area contributed by atoms with E-state index in [-0.39, 0.29) is 21.3 Å². The Kier molecular flexibility index (Phi) is 9.11. The smallest absolute Gasteiger partial charge is 0.161 e. The van der Waals surface area contributed by atoms with Crippen molar-refractivity contribution in [1.82, 2.24) is 4.57 Å². The quantitative estimate of drug-likeness (QED) is 0.165. The number of fused-ring (bicyclic) bond motifs is 3. The van der Waals surface area contributed by atoms with Crippen LogP contribution in [0.25, 0.3) is 27.5 Å². The van der Waals surface area contributed by atoms with E-state index in [1.54, 1.807) is 0 Å². The summed E-state index contributed by atoms with van der Waals surface area (Å²) in [5.74, 6) is 0. The van der Waals surface area contributed by atoms with Gasteiger partial charge in [-0.05, 0) is 118 Å². The third-order valence-electron chi connectivity index (χ3n) is 10.4. The highest BCUT2D eigenvalue weighted by Gasteiger charge is 2.43. The zero-order chi connectivity index (χ0) is 35.1. The van der Waals surface area contributed by atoms with Gasteiger partial charge in [-0.15, -0.1) is 0 Å². The molecule has 0 aliphatic rings. The van der Waals surface area contributed by atoms with Gasteiger partial charge in [0.15, 0.2) is 8.24 Å². The molecule has 0 amide bonds. The van der Waals surface area contributed by atoms with Crippen molar-refractivity contribution in [2.24, 2.45) is 0 Å². The number of rotatable bonds is 4. The second kappa shape index (κ2) is 11.9. The molecule has 0 saturated heterocycles. The molecule has 0 atom stereocenters. The topological polar surface area (TPSA) is 8.17 Å². The second-order valence-electron chi connectivity index (χ2n) is 18.0. The van der Waals surface area contributed by atoms with Gasteiger partial charge in [0.1, 0.15) is 0 Å². The SMILES string of the molecule is CC(C)(C)c1ccc(N(c2cc(-n3c4ccc(C(C)(C)C)cc4c4cc(C(C)(C)C)ccc43)c(Br)cc2Br)[Si](C)(C)C(C)(C)C)cc1. The Morgan fingerprint density at radius 2 is 0.957 bits per heavy atom. The minimum atomic E-state index is -2.12. The molecule has 0 radical (unpaired) electrons. The average Bonchev–Trinajstić information content (AvgIpc) is 3.25. The van der Waals surface area contributed by atoms with Crippen LogP contribution in [-0.4, -0.2) is 12.8 Å². The van der Waals surface area contributed by atoms with E-state index in [1.807, 2.05) is 0 Å². The molecule has 0 aliphatic heterocycles. The number of hydrogen-bond donors (Lipinski definition) is 0. The van der Waals surface area contributed by atoms with E-state index >= 15 is 0 Å². The summed E-state index contributed by atoms with van der Waals surface area (Å²) in [5.41, 5.74) is 10.3. The lowest BCUT2D eigenvalue weighted by Crippen LogP contribution is -2.53. The van der Waals surface area contributed by atoms with Crippen molar-refractivity contribution in [1.29, 1.82) is 0 Å². The normalized spacial score (nSPS) is 13.5. The van der Waals surface area contributed by atoms with Crippen LogP contribution >= 0.6 is 31.9 Å². The highest BCUT2D eigenvalue weighted by molar-refractivity contribution is 9.11. The van der Waals surface area contributed by atoms with E-state index in [9.17, 15) is 0 Å². The number of nitrogens with zero attached hydrogens (tertiary/aromatic N) is 2. The van der Waals surface area contributed by atoms with Crippen LogP contribution in [0.5, 0.6) is 0 Å². The Labute approximate surface area is 302 Å². The Morgan fingerprint density at radius 1 is 0.532 bits per heavy atom. The van der Waals surface area contributed by atoms with Crippen LogP contribution in [0.3, 0.4) is 0 Å². The van der Waals surface area contributed by atoms with Gasteiger partial charge in [0.2, 0.25) is 0 Å². The van der Waals surface area contributed by atoms with E-state index in [0.29, 0.717) is 0 Å². The van der Waals surface area contributed by atoms with Gasteiger partial charge >= 0.3 is 0 Å². The maximum atomic E-state index is 4.05. The Balaban J connectivity index is 1.84. The first kappa shape index (κ1) is 36.0. The molecule has 2 nitrogen and oxygen atoms in total. The molecule has 0 saturated carbocycles. The van der Waals surface area contributed by atoms with Crippen molar-refractivity contribution >= 4 is 73.3 Å². The van der Waals surface area contributed by atoms with Crippen LogP contribution in [-0.2, 0) is 16.2 Å². The number of aromatic nitrogens is 1. The summed E-state index contributed by atoms with van der Waals surface area (Å²) in [6, 6.07) is 28.1. The third-order valence-corrected chi connectivity index (χ3v) is 16.9. The summed E-state index contributed by atoms with van der Waals surface area (Å²) in [6.07, 6.45) is 0. The minimum Gasteiger partial charge on any atom is -0.368 e. The molecule has 0 aliphatic carbocycles. The first-order chi connectivity index (χ1) is 21.4. The second-order valence-corrected chi connectivity index (χ2v) is 24.8. The zero-order valence-corrected chi connectivity index (χ0v) is 35.3. The molecule has 0 bridgehead atoms. The lowest BCUT2D eigenvalue weighted by atomic mass is 9.85. The van der Waals surface area contributed by atoms with Crippen molar-refractivity contribution in [3.63, 3.8) is 0 Å². The summed E-state index contributed by atoms with van der Waals surface area (Å²) in [6.45, 7) is 32.9. The van der Waals surface area contributed by atoms with Crippen LogP contribution in [0, 0.1) is 0 Å². The molecule has 5 aromatic rings. The maximum Gasteiger partial charge on any atom is 0.161 e. The van der Waals surface area contributed by atoms with Crippen LogP contribution in [0.1, 0.15) is 99.8 Å². The molecule has 0 N–H and O–H groups in total. The zero-order valence-electron chi connectivity index (χ0n) is 31.1. The maximum absolute atomic E-state index is 4.05. The Morgan fingerprint density at radius 3 is 1.36 bits per heavy atom. The van der Waals surface area contributed by atoms with Gasteiger partial charge in [-0.2, -0.15) is 0 Å². The predicted octanol–water partition coefficient (Wildman–Crippen LogP) is 14.3. The van der Waals surface area contributed by atoms with Crippen LogP contribution in [0.15, 0.2) is 81.7 Å². The van der Waals surface area contributed by atoms with Gasteiger partial charge in [-0.25, -0.2) is 0 Å². The van der Waals surface area contributed by atoms with Crippen molar-refractivity contribution in [3.8, 4) is 5.69 Å². The van der Waals surface area contributed by atoms with Gasteiger partial charge in [-0.3, -0.25) is 0 Å².